The first kappa shape index (κ1) is 15.7. The molecule has 0 aliphatic heterocycles. The molecule has 1 aliphatic rings. The van der Waals surface area contributed by atoms with Crippen molar-refractivity contribution in [3.05, 3.63) is 28.4 Å². The Kier molecular flexibility index (Phi) is 5.92. The fourth-order valence-electron chi connectivity index (χ4n) is 2.85. The van der Waals surface area contributed by atoms with Gasteiger partial charge in [-0.2, -0.15) is 0 Å². The number of nitrogens with one attached hydrogen (secondary N) is 1. The normalized spacial score (nSPS) is 16.1. The lowest BCUT2D eigenvalue weighted by Crippen LogP contribution is -2.34. The second-order valence-corrected chi connectivity index (χ2v) is 5.71. The molecule has 1 aromatic heterocycles. The van der Waals surface area contributed by atoms with Crippen LogP contribution in [0, 0.1) is 10.1 Å². The zero-order chi connectivity index (χ0) is 15.1. The van der Waals surface area contributed by atoms with Crippen molar-refractivity contribution in [2.24, 2.45) is 0 Å². The molecule has 0 atom stereocenters. The Hall–Kier alpha value is -1.69. The van der Waals surface area contributed by atoms with Crippen LogP contribution in [0.1, 0.15) is 38.5 Å². The number of rotatable bonds is 7. The predicted octanol–water partition coefficient (Wildman–Crippen LogP) is 3.06. The second-order valence-electron chi connectivity index (χ2n) is 5.71. The third-order valence-corrected chi connectivity index (χ3v) is 4.15. The number of anilines is 1. The summed E-state index contributed by atoms with van der Waals surface area (Å²) in [5.74, 6) is 0.695. The van der Waals surface area contributed by atoms with E-state index in [0.29, 0.717) is 5.82 Å². The van der Waals surface area contributed by atoms with Gasteiger partial charge in [0, 0.05) is 18.7 Å². The first-order valence-corrected chi connectivity index (χ1v) is 7.71. The van der Waals surface area contributed by atoms with Gasteiger partial charge in [-0.25, -0.2) is 4.98 Å². The topological polar surface area (TPSA) is 71.3 Å². The van der Waals surface area contributed by atoms with Crippen molar-refractivity contribution in [3.63, 3.8) is 0 Å². The van der Waals surface area contributed by atoms with Gasteiger partial charge in [0.25, 0.3) is 5.69 Å². The van der Waals surface area contributed by atoms with Crippen molar-refractivity contribution in [1.29, 1.82) is 0 Å². The number of hydrogen-bond donors (Lipinski definition) is 1. The van der Waals surface area contributed by atoms with Crippen LogP contribution in [-0.4, -0.2) is 41.0 Å². The largest absolute Gasteiger partial charge is 0.370 e. The van der Waals surface area contributed by atoms with E-state index in [1.165, 1.54) is 44.4 Å². The molecule has 0 aromatic carbocycles. The highest BCUT2D eigenvalue weighted by Crippen LogP contribution is 2.21. The molecule has 1 aliphatic carbocycles. The third kappa shape index (κ3) is 4.97. The first-order valence-electron chi connectivity index (χ1n) is 7.71. The van der Waals surface area contributed by atoms with E-state index < -0.39 is 4.92 Å². The molecule has 1 saturated carbocycles. The van der Waals surface area contributed by atoms with E-state index >= 15 is 0 Å². The molecule has 0 unspecified atom stereocenters. The zero-order valence-corrected chi connectivity index (χ0v) is 12.6. The van der Waals surface area contributed by atoms with Gasteiger partial charge in [0.1, 0.15) is 12.0 Å². The van der Waals surface area contributed by atoms with Gasteiger partial charge >= 0.3 is 0 Å². The van der Waals surface area contributed by atoms with E-state index in [2.05, 4.69) is 22.2 Å². The van der Waals surface area contributed by atoms with Crippen LogP contribution in [0.4, 0.5) is 11.5 Å². The highest BCUT2D eigenvalue weighted by molar-refractivity contribution is 5.39. The van der Waals surface area contributed by atoms with Gasteiger partial charge in [-0.1, -0.05) is 19.3 Å². The minimum atomic E-state index is -0.435. The highest BCUT2D eigenvalue weighted by atomic mass is 16.6. The van der Waals surface area contributed by atoms with Gasteiger partial charge in [-0.05, 0) is 38.9 Å². The van der Waals surface area contributed by atoms with Gasteiger partial charge in [0.15, 0.2) is 0 Å². The molecule has 6 heteroatoms. The summed E-state index contributed by atoms with van der Waals surface area (Å²) in [4.78, 5) is 16.6. The fourth-order valence-corrected chi connectivity index (χ4v) is 2.85. The Morgan fingerprint density at radius 1 is 1.38 bits per heavy atom. The van der Waals surface area contributed by atoms with Crippen LogP contribution in [0.2, 0.25) is 0 Å². The highest BCUT2D eigenvalue weighted by Gasteiger charge is 2.17. The molecule has 21 heavy (non-hydrogen) atoms. The Morgan fingerprint density at radius 2 is 2.14 bits per heavy atom. The summed E-state index contributed by atoms with van der Waals surface area (Å²) in [6.07, 6.45) is 9.10. The maximum Gasteiger partial charge on any atom is 0.287 e. The first-order chi connectivity index (χ1) is 10.2. The molecule has 116 valence electrons. The summed E-state index contributed by atoms with van der Waals surface area (Å²) in [5.41, 5.74) is 0.0255. The number of pyridine rings is 1. The van der Waals surface area contributed by atoms with Crippen molar-refractivity contribution in [3.8, 4) is 0 Å². The summed E-state index contributed by atoms with van der Waals surface area (Å²) in [6.45, 7) is 1.91. The smallest absolute Gasteiger partial charge is 0.287 e. The quantitative estimate of drug-likeness (QED) is 0.475. The maximum absolute atomic E-state index is 10.5. The average Bonchev–Trinajstić information content (AvgIpc) is 2.52. The SMILES string of the molecule is CN(CCCNc1ccc([N+](=O)[O-])cn1)C1CCCCC1. The average molecular weight is 292 g/mol. The van der Waals surface area contributed by atoms with Crippen molar-refractivity contribution < 1.29 is 4.92 Å². The molecule has 6 nitrogen and oxygen atoms in total. The van der Waals surface area contributed by atoms with Crippen molar-refractivity contribution in [1.82, 2.24) is 9.88 Å². The van der Waals surface area contributed by atoms with Crippen molar-refractivity contribution >= 4 is 11.5 Å². The Morgan fingerprint density at radius 3 is 2.76 bits per heavy atom. The molecular weight excluding hydrogens is 268 g/mol. The summed E-state index contributed by atoms with van der Waals surface area (Å²) < 4.78 is 0. The van der Waals surface area contributed by atoms with Crippen LogP contribution in [-0.2, 0) is 0 Å². The standard InChI is InChI=1S/C15H24N4O2/c1-18(13-6-3-2-4-7-13)11-5-10-16-15-9-8-14(12-17-15)19(20)21/h8-9,12-13H,2-7,10-11H2,1H3,(H,16,17). The van der Waals surface area contributed by atoms with Crippen LogP contribution in [0.3, 0.4) is 0 Å². The fraction of sp³-hybridized carbons (Fsp3) is 0.667. The molecule has 1 aromatic rings. The van der Waals surface area contributed by atoms with Crippen molar-refractivity contribution in [2.45, 2.75) is 44.6 Å². The minimum absolute atomic E-state index is 0.0255. The van der Waals surface area contributed by atoms with Crippen LogP contribution < -0.4 is 5.32 Å². The van der Waals surface area contributed by atoms with Gasteiger partial charge in [-0.15, -0.1) is 0 Å². The van der Waals surface area contributed by atoms with Gasteiger partial charge in [0.05, 0.1) is 4.92 Å². The van der Waals surface area contributed by atoms with Crippen molar-refractivity contribution in [2.75, 3.05) is 25.5 Å². The van der Waals surface area contributed by atoms with E-state index in [4.69, 9.17) is 0 Å². The Bertz CT molecular complexity index is 443. The molecule has 1 fully saturated rings. The monoisotopic (exact) mass is 292 g/mol. The molecule has 0 radical (unpaired) electrons. The Labute approximate surface area is 125 Å². The third-order valence-electron chi connectivity index (χ3n) is 4.15. The molecule has 1 N–H and O–H groups in total. The lowest BCUT2D eigenvalue weighted by molar-refractivity contribution is -0.385. The van der Waals surface area contributed by atoms with Crippen LogP contribution in [0.15, 0.2) is 18.3 Å². The molecule has 0 bridgehead atoms. The molecule has 2 rings (SSSR count). The minimum Gasteiger partial charge on any atom is -0.370 e. The molecule has 1 heterocycles. The van der Waals surface area contributed by atoms with Crippen LogP contribution in [0.25, 0.3) is 0 Å². The summed E-state index contributed by atoms with van der Waals surface area (Å²) in [5, 5.41) is 13.7. The number of aromatic nitrogens is 1. The number of nitrogens with zero attached hydrogens (tertiary/aromatic N) is 3. The predicted molar refractivity (Wildman–Crippen MR) is 83.5 cm³/mol. The number of nitro groups is 1. The van der Waals surface area contributed by atoms with Gasteiger partial charge < -0.3 is 10.2 Å². The van der Waals surface area contributed by atoms with E-state index in [1.807, 2.05) is 0 Å². The summed E-state index contributed by atoms with van der Waals surface area (Å²) in [7, 11) is 2.21. The second kappa shape index (κ2) is 7.93. The molecule has 0 amide bonds. The molecule has 0 spiro atoms. The van der Waals surface area contributed by atoms with E-state index in [1.54, 1.807) is 6.07 Å². The number of hydrogen-bond acceptors (Lipinski definition) is 5. The molecular formula is C15H24N4O2. The van der Waals surface area contributed by atoms with Gasteiger partial charge in [-0.3, -0.25) is 10.1 Å². The van der Waals surface area contributed by atoms with Crippen LogP contribution >= 0.6 is 0 Å². The van der Waals surface area contributed by atoms with Gasteiger partial charge in [0.2, 0.25) is 0 Å². The van der Waals surface area contributed by atoms with E-state index in [9.17, 15) is 10.1 Å². The van der Waals surface area contributed by atoms with Crippen LogP contribution in [0.5, 0.6) is 0 Å². The molecule has 0 saturated heterocycles. The maximum atomic E-state index is 10.5. The Balaban J connectivity index is 1.65. The lowest BCUT2D eigenvalue weighted by atomic mass is 9.94. The lowest BCUT2D eigenvalue weighted by Gasteiger charge is -2.31. The summed E-state index contributed by atoms with van der Waals surface area (Å²) in [6, 6.07) is 3.88. The summed E-state index contributed by atoms with van der Waals surface area (Å²) >= 11 is 0. The van der Waals surface area contributed by atoms with E-state index in [0.717, 1.165) is 25.6 Å². The van der Waals surface area contributed by atoms with E-state index in [-0.39, 0.29) is 5.69 Å². The zero-order valence-electron chi connectivity index (χ0n) is 12.6.